The Balaban J connectivity index is 2.05. The van der Waals surface area contributed by atoms with Crippen molar-refractivity contribution in [2.24, 2.45) is 5.73 Å². The molecule has 0 spiro atoms. The van der Waals surface area contributed by atoms with E-state index >= 15 is 0 Å². The molecular weight excluding hydrogens is 326 g/mol. The maximum Gasteiger partial charge on any atom is 0.120 e. The Labute approximate surface area is 128 Å². The minimum Gasteiger partial charge on any atom is -0.491 e. The van der Waals surface area contributed by atoms with Gasteiger partial charge in [-0.05, 0) is 17.7 Å². The molecule has 5 nitrogen and oxygen atoms in total. The Morgan fingerprint density at radius 3 is 2.25 bits per heavy atom. The molecule has 0 atom stereocenters. The third kappa shape index (κ3) is 7.21. The molecule has 0 bridgehead atoms. The average Bonchev–Trinajstić information content (AvgIpc) is 2.46. The molecule has 1 aromatic rings. The second kappa shape index (κ2) is 11.0. The lowest BCUT2D eigenvalue weighted by molar-refractivity contribution is 0.0179. The van der Waals surface area contributed by atoms with Crippen LogP contribution in [0.25, 0.3) is 0 Å². The first kappa shape index (κ1) is 17.4. The Morgan fingerprint density at radius 1 is 1.00 bits per heavy atom. The molecule has 0 amide bonds. The lowest BCUT2D eigenvalue weighted by Gasteiger charge is -2.09. The summed E-state index contributed by atoms with van der Waals surface area (Å²) in [6, 6.07) is 5.76. The van der Waals surface area contributed by atoms with E-state index in [2.05, 4.69) is 15.9 Å². The van der Waals surface area contributed by atoms with Gasteiger partial charge in [-0.25, -0.2) is 0 Å². The maximum atomic E-state index is 5.59. The molecule has 0 aliphatic heterocycles. The van der Waals surface area contributed by atoms with Crippen LogP contribution in [0.4, 0.5) is 0 Å². The first-order valence-electron chi connectivity index (χ1n) is 6.53. The van der Waals surface area contributed by atoms with Gasteiger partial charge in [0.25, 0.3) is 0 Å². The summed E-state index contributed by atoms with van der Waals surface area (Å²) in [5.74, 6) is 0.800. The van der Waals surface area contributed by atoms with Gasteiger partial charge in [0.2, 0.25) is 0 Å². The predicted molar refractivity (Wildman–Crippen MR) is 81.0 cm³/mol. The zero-order valence-electron chi connectivity index (χ0n) is 11.8. The minimum atomic E-state index is 0.506. The van der Waals surface area contributed by atoms with E-state index in [0.29, 0.717) is 46.2 Å². The lowest BCUT2D eigenvalue weighted by atomic mass is 10.2. The Kier molecular flexibility index (Phi) is 9.61. The van der Waals surface area contributed by atoms with E-state index in [-0.39, 0.29) is 0 Å². The highest BCUT2D eigenvalue weighted by Gasteiger charge is 2.00. The number of rotatable bonds is 11. The molecule has 0 unspecified atom stereocenters. The van der Waals surface area contributed by atoms with Crippen molar-refractivity contribution in [3.05, 3.63) is 28.2 Å². The molecule has 0 heterocycles. The Hall–Kier alpha value is -0.660. The van der Waals surface area contributed by atoms with Crippen LogP contribution in [0.1, 0.15) is 5.56 Å². The van der Waals surface area contributed by atoms with Crippen LogP contribution in [0.2, 0.25) is 0 Å². The first-order chi connectivity index (χ1) is 9.77. The minimum absolute atomic E-state index is 0.506. The summed E-state index contributed by atoms with van der Waals surface area (Å²) < 4.78 is 22.1. The summed E-state index contributed by atoms with van der Waals surface area (Å²) >= 11 is 3.45. The zero-order valence-corrected chi connectivity index (χ0v) is 13.4. The van der Waals surface area contributed by atoms with Gasteiger partial charge in [0, 0.05) is 18.1 Å². The monoisotopic (exact) mass is 347 g/mol. The van der Waals surface area contributed by atoms with Crippen LogP contribution in [0.3, 0.4) is 0 Å². The normalized spacial score (nSPS) is 10.8. The highest BCUT2D eigenvalue weighted by Crippen LogP contribution is 2.22. The number of nitrogens with two attached hydrogens (primary N) is 1. The molecular formula is C14H22BrNO4. The largest absolute Gasteiger partial charge is 0.491 e. The van der Waals surface area contributed by atoms with Gasteiger partial charge in [-0.3, -0.25) is 0 Å². The second-order valence-corrected chi connectivity index (χ2v) is 4.88. The molecule has 0 radical (unpaired) electrons. The SMILES string of the molecule is COCCOCCOCCOc1ccc(CN)c(Br)c1. The van der Waals surface area contributed by atoms with E-state index in [1.807, 2.05) is 18.2 Å². The van der Waals surface area contributed by atoms with Gasteiger partial charge in [-0.2, -0.15) is 0 Å². The van der Waals surface area contributed by atoms with Crippen LogP contribution >= 0.6 is 15.9 Å². The average molecular weight is 348 g/mol. The van der Waals surface area contributed by atoms with Crippen molar-refractivity contribution in [2.45, 2.75) is 6.54 Å². The molecule has 1 aromatic carbocycles. The number of hydrogen-bond acceptors (Lipinski definition) is 5. The standard InChI is InChI=1S/C14H22BrNO4/c1-17-4-5-18-6-7-19-8-9-20-13-3-2-12(11-16)14(15)10-13/h2-3,10H,4-9,11,16H2,1H3. The third-order valence-corrected chi connectivity index (χ3v) is 3.28. The van der Waals surface area contributed by atoms with Gasteiger partial charge in [0.15, 0.2) is 0 Å². The predicted octanol–water partition coefficient (Wildman–Crippen LogP) is 1.97. The molecule has 114 valence electrons. The van der Waals surface area contributed by atoms with E-state index in [0.717, 1.165) is 15.8 Å². The molecule has 0 aliphatic carbocycles. The first-order valence-corrected chi connectivity index (χ1v) is 7.33. The fourth-order valence-corrected chi connectivity index (χ4v) is 1.99. The van der Waals surface area contributed by atoms with Crippen molar-refractivity contribution in [3.8, 4) is 5.75 Å². The molecule has 1 rings (SSSR count). The summed E-state index contributed by atoms with van der Waals surface area (Å²) in [6.07, 6.45) is 0. The van der Waals surface area contributed by atoms with Gasteiger partial charge < -0.3 is 24.7 Å². The van der Waals surface area contributed by atoms with E-state index in [1.165, 1.54) is 0 Å². The van der Waals surface area contributed by atoms with Crippen LogP contribution < -0.4 is 10.5 Å². The molecule has 0 fully saturated rings. The van der Waals surface area contributed by atoms with Crippen LogP contribution in [0.15, 0.2) is 22.7 Å². The highest BCUT2D eigenvalue weighted by atomic mass is 79.9. The molecule has 0 aromatic heterocycles. The van der Waals surface area contributed by atoms with Crippen LogP contribution in [0.5, 0.6) is 5.75 Å². The van der Waals surface area contributed by atoms with Gasteiger partial charge in [0.1, 0.15) is 12.4 Å². The van der Waals surface area contributed by atoms with Crippen LogP contribution in [-0.4, -0.2) is 46.8 Å². The maximum absolute atomic E-state index is 5.59. The Bertz CT molecular complexity index is 376. The number of methoxy groups -OCH3 is 1. The summed E-state index contributed by atoms with van der Waals surface area (Å²) in [5.41, 5.74) is 6.65. The summed E-state index contributed by atoms with van der Waals surface area (Å²) in [4.78, 5) is 0. The van der Waals surface area contributed by atoms with E-state index in [4.69, 9.17) is 24.7 Å². The van der Waals surface area contributed by atoms with Crippen molar-refractivity contribution in [1.82, 2.24) is 0 Å². The van der Waals surface area contributed by atoms with E-state index in [9.17, 15) is 0 Å². The van der Waals surface area contributed by atoms with Crippen molar-refractivity contribution in [2.75, 3.05) is 46.8 Å². The highest BCUT2D eigenvalue weighted by molar-refractivity contribution is 9.10. The zero-order chi connectivity index (χ0) is 14.6. The fourth-order valence-electron chi connectivity index (χ4n) is 1.47. The van der Waals surface area contributed by atoms with Gasteiger partial charge in [-0.1, -0.05) is 22.0 Å². The van der Waals surface area contributed by atoms with Crippen molar-refractivity contribution in [1.29, 1.82) is 0 Å². The summed E-state index contributed by atoms with van der Waals surface area (Å²) in [6.45, 7) is 3.88. The second-order valence-electron chi connectivity index (χ2n) is 4.02. The topological polar surface area (TPSA) is 62.9 Å². The fraction of sp³-hybridized carbons (Fsp3) is 0.571. The number of benzene rings is 1. The van der Waals surface area contributed by atoms with Crippen LogP contribution in [0, 0.1) is 0 Å². The van der Waals surface area contributed by atoms with Gasteiger partial charge in [0.05, 0.1) is 33.0 Å². The number of hydrogen-bond donors (Lipinski definition) is 1. The van der Waals surface area contributed by atoms with Gasteiger partial charge in [-0.15, -0.1) is 0 Å². The Morgan fingerprint density at radius 2 is 1.65 bits per heavy atom. The smallest absolute Gasteiger partial charge is 0.120 e. The van der Waals surface area contributed by atoms with Crippen molar-refractivity contribution in [3.63, 3.8) is 0 Å². The molecule has 6 heteroatoms. The molecule has 0 aliphatic rings. The lowest BCUT2D eigenvalue weighted by Crippen LogP contribution is -2.12. The quantitative estimate of drug-likeness (QED) is 0.620. The molecule has 2 N–H and O–H groups in total. The third-order valence-electron chi connectivity index (χ3n) is 2.54. The number of ether oxygens (including phenoxy) is 4. The van der Waals surface area contributed by atoms with Gasteiger partial charge >= 0.3 is 0 Å². The molecule has 0 saturated carbocycles. The van der Waals surface area contributed by atoms with E-state index < -0.39 is 0 Å². The summed E-state index contributed by atoms with van der Waals surface area (Å²) in [7, 11) is 1.65. The van der Waals surface area contributed by atoms with Crippen molar-refractivity contribution < 1.29 is 18.9 Å². The van der Waals surface area contributed by atoms with E-state index in [1.54, 1.807) is 7.11 Å². The van der Waals surface area contributed by atoms with Crippen molar-refractivity contribution >= 4 is 15.9 Å². The number of halogens is 1. The van der Waals surface area contributed by atoms with Crippen LogP contribution in [-0.2, 0) is 20.8 Å². The molecule has 20 heavy (non-hydrogen) atoms. The molecule has 0 saturated heterocycles. The summed E-state index contributed by atoms with van der Waals surface area (Å²) in [5, 5.41) is 0.